The van der Waals surface area contributed by atoms with Gasteiger partial charge in [-0.15, -0.1) is 0 Å². The third-order valence-corrected chi connectivity index (χ3v) is 4.50. The van der Waals surface area contributed by atoms with Gasteiger partial charge in [0.05, 0.1) is 38.0 Å². The molecule has 0 spiro atoms. The standard InChI is InChI=1S/3C9H16N2O4.Fe/c3*1-11(2)9(14)7(12)6-8(13)10-4-5-15-3;/h3*6,12H,4-5H2,1-3H3,(H,10,13);. The first-order chi connectivity index (χ1) is 21.0. The van der Waals surface area contributed by atoms with Crippen molar-refractivity contribution in [1.82, 2.24) is 30.7 Å². The minimum Gasteiger partial charge on any atom is -0.503 e. The van der Waals surface area contributed by atoms with Crippen molar-refractivity contribution in [3.8, 4) is 0 Å². The number of likely N-dealkylation sites (N-methyl/N-ethyl adjacent to an activating group) is 3. The predicted molar refractivity (Wildman–Crippen MR) is 163 cm³/mol. The normalized spacial score (nSPS) is 10.8. The van der Waals surface area contributed by atoms with Crippen LogP contribution in [0.2, 0.25) is 0 Å². The molecule has 0 aliphatic heterocycles. The van der Waals surface area contributed by atoms with E-state index in [1.165, 1.54) is 78.3 Å². The van der Waals surface area contributed by atoms with E-state index in [1.807, 2.05) is 0 Å². The van der Waals surface area contributed by atoms with Crippen molar-refractivity contribution in [1.29, 1.82) is 0 Å². The molecule has 6 amide bonds. The van der Waals surface area contributed by atoms with Crippen molar-refractivity contribution in [2.45, 2.75) is 0 Å². The fourth-order valence-corrected chi connectivity index (χ4v) is 2.23. The van der Waals surface area contributed by atoms with E-state index in [2.05, 4.69) is 16.0 Å². The van der Waals surface area contributed by atoms with Gasteiger partial charge in [-0.05, 0) is 0 Å². The third kappa shape index (κ3) is 27.4. The van der Waals surface area contributed by atoms with Crippen LogP contribution in [-0.2, 0) is 60.0 Å². The second-order valence-electron chi connectivity index (χ2n) is 9.04. The Morgan fingerprint density at radius 2 is 0.696 bits per heavy atom. The molecule has 0 saturated carbocycles. The summed E-state index contributed by atoms with van der Waals surface area (Å²) in [4.78, 5) is 70.1. The van der Waals surface area contributed by atoms with Gasteiger partial charge in [0.15, 0.2) is 17.3 Å². The first-order valence-electron chi connectivity index (χ1n) is 13.1. The summed E-state index contributed by atoms with van der Waals surface area (Å²) in [5, 5.41) is 34.9. The smallest absolute Gasteiger partial charge is 0.288 e. The van der Waals surface area contributed by atoms with Crippen LogP contribution in [0.3, 0.4) is 0 Å². The summed E-state index contributed by atoms with van der Waals surface area (Å²) in [5.41, 5.74) is 0. The van der Waals surface area contributed by atoms with Crippen molar-refractivity contribution < 1.29 is 75.4 Å². The number of nitrogens with zero attached hydrogens (tertiary/aromatic N) is 3. The minimum atomic E-state index is -0.614. The molecule has 0 unspecified atom stereocenters. The molecular formula is C27H48FeN6O12. The first-order valence-corrected chi connectivity index (χ1v) is 13.1. The van der Waals surface area contributed by atoms with Gasteiger partial charge in [-0.3, -0.25) is 28.8 Å². The van der Waals surface area contributed by atoms with Crippen LogP contribution in [-0.4, -0.2) is 169 Å². The van der Waals surface area contributed by atoms with E-state index in [0.29, 0.717) is 39.5 Å². The van der Waals surface area contributed by atoms with Crippen molar-refractivity contribution in [3.63, 3.8) is 0 Å². The van der Waals surface area contributed by atoms with E-state index < -0.39 is 52.7 Å². The Morgan fingerprint density at radius 1 is 0.500 bits per heavy atom. The Hall–Kier alpha value is -4.16. The number of amides is 6. The number of carbonyl (C=O) groups excluding carboxylic acids is 6. The van der Waals surface area contributed by atoms with Gasteiger partial charge in [0.1, 0.15) is 0 Å². The largest absolute Gasteiger partial charge is 0.503 e. The molecule has 0 aromatic carbocycles. The molecule has 0 radical (unpaired) electrons. The molecule has 0 heterocycles. The van der Waals surface area contributed by atoms with Crippen LogP contribution in [0.15, 0.2) is 35.5 Å². The number of nitrogens with one attached hydrogen (secondary N) is 3. The predicted octanol–water partition coefficient (Wildman–Crippen LogP) is -2.17. The fraction of sp³-hybridized carbons (Fsp3) is 0.556. The number of aliphatic hydroxyl groups is 3. The van der Waals surface area contributed by atoms with Crippen molar-refractivity contribution >= 4 is 35.4 Å². The van der Waals surface area contributed by atoms with E-state index >= 15 is 0 Å². The molecule has 46 heavy (non-hydrogen) atoms. The van der Waals surface area contributed by atoms with Crippen LogP contribution >= 0.6 is 0 Å². The van der Waals surface area contributed by atoms with Gasteiger partial charge in [-0.2, -0.15) is 0 Å². The molecule has 0 fully saturated rings. The fourth-order valence-electron chi connectivity index (χ4n) is 2.23. The van der Waals surface area contributed by atoms with E-state index in [4.69, 9.17) is 14.2 Å². The molecule has 0 bridgehead atoms. The Kier molecular flexibility index (Phi) is 31.3. The maximum atomic E-state index is 11.1. The molecule has 0 aliphatic rings. The number of hydrogen-bond acceptors (Lipinski definition) is 12. The zero-order valence-electron chi connectivity index (χ0n) is 27.7. The maximum absolute atomic E-state index is 11.1. The molecule has 0 aromatic rings. The zero-order valence-corrected chi connectivity index (χ0v) is 28.8. The van der Waals surface area contributed by atoms with Gasteiger partial charge >= 0.3 is 0 Å². The Bertz CT molecular complexity index is 918. The third-order valence-electron chi connectivity index (χ3n) is 4.50. The Balaban J connectivity index is -0.000000285. The molecule has 0 aromatic heterocycles. The van der Waals surface area contributed by atoms with Gasteiger partial charge in [0, 0.05) is 100 Å². The average molecular weight is 705 g/mol. The second-order valence-corrected chi connectivity index (χ2v) is 9.04. The summed E-state index contributed by atoms with van der Waals surface area (Å²) in [5.74, 6) is -5.19. The number of ether oxygens (including phenoxy) is 3. The minimum absolute atomic E-state index is 0. The quantitative estimate of drug-likeness (QED) is 0.0463. The summed E-state index contributed by atoms with van der Waals surface area (Å²) in [6, 6.07) is 0. The van der Waals surface area contributed by atoms with Crippen molar-refractivity contribution in [3.05, 3.63) is 35.5 Å². The molecule has 18 nitrogen and oxygen atoms in total. The Labute approximate surface area is 279 Å². The topological polar surface area (TPSA) is 237 Å². The van der Waals surface area contributed by atoms with Gasteiger partial charge in [0.2, 0.25) is 17.7 Å². The van der Waals surface area contributed by atoms with Crippen LogP contribution < -0.4 is 16.0 Å². The van der Waals surface area contributed by atoms with Crippen LogP contribution in [0, 0.1) is 0 Å². The van der Waals surface area contributed by atoms with Crippen LogP contribution in [0.5, 0.6) is 0 Å². The van der Waals surface area contributed by atoms with Gasteiger partial charge < -0.3 is 60.2 Å². The number of rotatable bonds is 15. The van der Waals surface area contributed by atoms with E-state index in [1.54, 1.807) is 0 Å². The first kappa shape index (κ1) is 48.7. The van der Waals surface area contributed by atoms with Gasteiger partial charge in [-0.25, -0.2) is 0 Å². The van der Waals surface area contributed by atoms with Crippen LogP contribution in [0.25, 0.3) is 0 Å². The van der Waals surface area contributed by atoms with Crippen molar-refractivity contribution in [2.24, 2.45) is 0 Å². The zero-order chi connectivity index (χ0) is 35.5. The van der Waals surface area contributed by atoms with Crippen LogP contribution in [0.4, 0.5) is 0 Å². The number of aliphatic hydroxyl groups excluding tert-OH is 3. The number of methoxy groups -OCH3 is 3. The van der Waals surface area contributed by atoms with E-state index in [-0.39, 0.29) is 17.1 Å². The molecule has 0 saturated heterocycles. The summed E-state index contributed by atoms with van der Waals surface area (Å²) >= 11 is 0. The second kappa shape index (κ2) is 29.5. The molecule has 266 valence electrons. The summed E-state index contributed by atoms with van der Waals surface area (Å²) in [7, 11) is 13.4. The van der Waals surface area contributed by atoms with Crippen LogP contribution in [0.1, 0.15) is 0 Å². The molecule has 6 N–H and O–H groups in total. The summed E-state index contributed by atoms with van der Waals surface area (Å²) < 4.78 is 14.1. The van der Waals surface area contributed by atoms with E-state index in [9.17, 15) is 44.1 Å². The van der Waals surface area contributed by atoms with E-state index in [0.717, 1.165) is 18.2 Å². The molecule has 0 aliphatic carbocycles. The molecular weight excluding hydrogens is 656 g/mol. The van der Waals surface area contributed by atoms with Gasteiger partial charge in [-0.1, -0.05) is 0 Å². The monoisotopic (exact) mass is 704 g/mol. The Morgan fingerprint density at radius 3 is 0.848 bits per heavy atom. The summed E-state index contributed by atoms with van der Waals surface area (Å²) in [6.07, 6.45) is 2.54. The maximum Gasteiger partial charge on any atom is 0.288 e. The van der Waals surface area contributed by atoms with Gasteiger partial charge in [0.25, 0.3) is 17.7 Å². The molecule has 19 heteroatoms. The molecule has 0 rings (SSSR count). The molecule has 0 atom stereocenters. The average Bonchev–Trinajstić information content (AvgIpc) is 2.96. The van der Waals surface area contributed by atoms with Crippen molar-refractivity contribution in [2.75, 3.05) is 103 Å². The summed E-state index contributed by atoms with van der Waals surface area (Å²) in [6.45, 7) is 2.12. The number of carbonyl (C=O) groups is 6. The number of hydrogen-bond donors (Lipinski definition) is 6. The SMILES string of the molecule is COCCNC(=O)C=C(O)C(=O)N(C)C.COCCNC(=O)C=C(O)C(=O)N(C)C.COCCNC(=O)C=C(O)C(=O)N(C)C.[Fe].